The van der Waals surface area contributed by atoms with Gasteiger partial charge in [-0.25, -0.2) is 9.18 Å². The zero-order valence-corrected chi connectivity index (χ0v) is 13.5. The molecule has 0 aromatic heterocycles. The van der Waals surface area contributed by atoms with E-state index in [9.17, 15) is 9.18 Å². The Hall–Kier alpha value is -1.10. The van der Waals surface area contributed by atoms with Gasteiger partial charge in [0.15, 0.2) is 0 Å². The van der Waals surface area contributed by atoms with Crippen LogP contribution in [0.15, 0.2) is 28.7 Å². The molecule has 1 aliphatic carbocycles. The third-order valence-corrected chi connectivity index (χ3v) is 3.44. The van der Waals surface area contributed by atoms with Gasteiger partial charge in [0.2, 0.25) is 0 Å². The molecule has 1 amide bonds. The van der Waals surface area contributed by atoms with E-state index in [2.05, 4.69) is 15.9 Å². The molecule has 0 radical (unpaired) electrons. The van der Waals surface area contributed by atoms with Crippen LogP contribution in [0.3, 0.4) is 0 Å². The normalized spacial score (nSPS) is 21.4. The highest BCUT2D eigenvalue weighted by molar-refractivity contribution is 9.10. The van der Waals surface area contributed by atoms with Gasteiger partial charge in [-0.15, -0.1) is 0 Å². The van der Waals surface area contributed by atoms with E-state index < -0.39 is 17.9 Å². The minimum atomic E-state index is -0.935. The molecule has 1 aliphatic rings. The van der Waals surface area contributed by atoms with Gasteiger partial charge in [-0.1, -0.05) is 28.1 Å². The van der Waals surface area contributed by atoms with Crippen LogP contribution < -0.4 is 0 Å². The van der Waals surface area contributed by atoms with Crippen molar-refractivity contribution in [3.05, 3.63) is 34.3 Å². The van der Waals surface area contributed by atoms with Gasteiger partial charge < -0.3 is 4.74 Å². The second-order valence-electron chi connectivity index (χ2n) is 6.06. The summed E-state index contributed by atoms with van der Waals surface area (Å²) < 4.78 is 19.6. The first-order chi connectivity index (χ1) is 9.26. The van der Waals surface area contributed by atoms with Crippen LogP contribution in [0.2, 0.25) is 0 Å². The quantitative estimate of drug-likeness (QED) is 0.818. The topological polar surface area (TPSA) is 29.5 Å². The highest BCUT2D eigenvalue weighted by Crippen LogP contribution is 2.33. The van der Waals surface area contributed by atoms with Crippen molar-refractivity contribution in [2.24, 2.45) is 0 Å². The Labute approximate surface area is 127 Å². The zero-order chi connectivity index (χ0) is 14.9. The van der Waals surface area contributed by atoms with Gasteiger partial charge >= 0.3 is 6.09 Å². The standard InChI is InChI=1S/C15H19BrFNO2/c1-15(2,3)20-14(19)18(13-8-12(13)17)9-10-5-4-6-11(16)7-10/h4-7,12-13H,8-9H2,1-3H3. The highest BCUT2D eigenvalue weighted by Gasteiger charge is 2.45. The van der Waals surface area contributed by atoms with E-state index in [-0.39, 0.29) is 6.04 Å². The van der Waals surface area contributed by atoms with Crippen molar-refractivity contribution >= 4 is 22.0 Å². The summed E-state index contributed by atoms with van der Waals surface area (Å²) in [5.41, 5.74) is 0.372. The Morgan fingerprint density at radius 1 is 1.50 bits per heavy atom. The first kappa shape index (κ1) is 15.3. The molecule has 0 bridgehead atoms. The molecule has 0 aliphatic heterocycles. The van der Waals surface area contributed by atoms with Gasteiger partial charge in [0.05, 0.1) is 6.04 Å². The molecule has 20 heavy (non-hydrogen) atoms. The van der Waals surface area contributed by atoms with Gasteiger partial charge in [0.25, 0.3) is 0 Å². The zero-order valence-electron chi connectivity index (χ0n) is 11.9. The van der Waals surface area contributed by atoms with Crippen molar-refractivity contribution in [3.63, 3.8) is 0 Å². The van der Waals surface area contributed by atoms with Crippen LogP contribution in [0.1, 0.15) is 32.8 Å². The van der Waals surface area contributed by atoms with Crippen molar-refractivity contribution in [1.82, 2.24) is 4.90 Å². The lowest BCUT2D eigenvalue weighted by Gasteiger charge is -2.27. The number of alkyl halides is 1. The molecule has 2 atom stereocenters. The number of carbonyl (C=O) groups excluding carboxylic acids is 1. The number of hydrogen-bond acceptors (Lipinski definition) is 2. The highest BCUT2D eigenvalue weighted by atomic mass is 79.9. The predicted octanol–water partition coefficient (Wildman–Crippen LogP) is 4.30. The average molecular weight is 344 g/mol. The Morgan fingerprint density at radius 3 is 2.65 bits per heavy atom. The summed E-state index contributed by atoms with van der Waals surface area (Å²) in [6.07, 6.45) is -0.995. The molecule has 1 saturated carbocycles. The number of amides is 1. The molecule has 0 spiro atoms. The number of rotatable bonds is 3. The Bertz CT molecular complexity index is 501. The average Bonchev–Trinajstić information content (AvgIpc) is 3.00. The van der Waals surface area contributed by atoms with E-state index in [1.165, 1.54) is 4.90 Å². The Balaban J connectivity index is 2.10. The predicted molar refractivity (Wildman–Crippen MR) is 79.2 cm³/mol. The molecule has 3 nitrogen and oxygen atoms in total. The molecule has 0 N–H and O–H groups in total. The van der Waals surface area contributed by atoms with Crippen LogP contribution in [-0.2, 0) is 11.3 Å². The van der Waals surface area contributed by atoms with Crippen LogP contribution in [0, 0.1) is 0 Å². The molecule has 1 fully saturated rings. The van der Waals surface area contributed by atoms with Crippen LogP contribution in [0.4, 0.5) is 9.18 Å². The van der Waals surface area contributed by atoms with E-state index in [4.69, 9.17) is 4.74 Å². The van der Waals surface area contributed by atoms with E-state index in [0.717, 1.165) is 10.0 Å². The fourth-order valence-electron chi connectivity index (χ4n) is 1.94. The molecular weight excluding hydrogens is 325 g/mol. The van der Waals surface area contributed by atoms with Gasteiger partial charge in [-0.05, 0) is 38.5 Å². The summed E-state index contributed by atoms with van der Waals surface area (Å²) in [5.74, 6) is 0. The summed E-state index contributed by atoms with van der Waals surface area (Å²) in [6.45, 7) is 5.78. The summed E-state index contributed by atoms with van der Waals surface area (Å²) in [5, 5.41) is 0. The molecule has 2 rings (SSSR count). The summed E-state index contributed by atoms with van der Waals surface area (Å²) in [4.78, 5) is 13.7. The number of halogens is 2. The van der Waals surface area contributed by atoms with E-state index in [0.29, 0.717) is 13.0 Å². The maximum atomic E-state index is 13.3. The number of ether oxygens (including phenoxy) is 1. The Morgan fingerprint density at radius 2 is 2.15 bits per heavy atom. The molecule has 0 saturated heterocycles. The lowest BCUT2D eigenvalue weighted by Crippen LogP contribution is -2.38. The van der Waals surface area contributed by atoms with Crippen molar-refractivity contribution < 1.29 is 13.9 Å². The molecule has 2 unspecified atom stereocenters. The van der Waals surface area contributed by atoms with Crippen LogP contribution in [0.25, 0.3) is 0 Å². The fraction of sp³-hybridized carbons (Fsp3) is 0.533. The summed E-state index contributed by atoms with van der Waals surface area (Å²) in [7, 11) is 0. The van der Waals surface area contributed by atoms with Gasteiger partial charge in [0.1, 0.15) is 11.8 Å². The first-order valence-electron chi connectivity index (χ1n) is 6.64. The van der Waals surface area contributed by atoms with Crippen molar-refractivity contribution in [2.45, 2.75) is 51.6 Å². The van der Waals surface area contributed by atoms with Crippen molar-refractivity contribution in [3.8, 4) is 0 Å². The van der Waals surface area contributed by atoms with E-state index in [1.807, 2.05) is 45.0 Å². The van der Waals surface area contributed by atoms with Crippen molar-refractivity contribution in [2.75, 3.05) is 0 Å². The molecule has 1 aromatic carbocycles. The molecule has 110 valence electrons. The monoisotopic (exact) mass is 343 g/mol. The SMILES string of the molecule is CC(C)(C)OC(=O)N(Cc1cccc(Br)c1)C1CC1F. The van der Waals surface area contributed by atoms with Gasteiger partial charge in [-0.3, -0.25) is 4.90 Å². The minimum absolute atomic E-state index is 0.358. The first-order valence-corrected chi connectivity index (χ1v) is 7.44. The van der Waals surface area contributed by atoms with Crippen molar-refractivity contribution in [1.29, 1.82) is 0 Å². The van der Waals surface area contributed by atoms with Crippen LogP contribution >= 0.6 is 15.9 Å². The number of hydrogen-bond donors (Lipinski definition) is 0. The fourth-order valence-corrected chi connectivity index (χ4v) is 2.39. The minimum Gasteiger partial charge on any atom is -0.444 e. The number of benzene rings is 1. The van der Waals surface area contributed by atoms with Gasteiger partial charge in [0, 0.05) is 17.4 Å². The maximum absolute atomic E-state index is 13.3. The van der Waals surface area contributed by atoms with E-state index >= 15 is 0 Å². The lowest BCUT2D eigenvalue weighted by molar-refractivity contribution is 0.0201. The second-order valence-corrected chi connectivity index (χ2v) is 6.97. The molecular formula is C15H19BrFNO2. The van der Waals surface area contributed by atoms with Crippen LogP contribution in [-0.4, -0.2) is 28.8 Å². The second kappa shape index (κ2) is 5.72. The van der Waals surface area contributed by atoms with E-state index in [1.54, 1.807) is 0 Å². The maximum Gasteiger partial charge on any atom is 0.410 e. The Kier molecular flexibility index (Phi) is 4.37. The lowest BCUT2D eigenvalue weighted by atomic mass is 10.2. The smallest absolute Gasteiger partial charge is 0.410 e. The molecule has 1 aromatic rings. The molecule has 5 heteroatoms. The summed E-state index contributed by atoms with van der Waals surface area (Å²) in [6, 6.07) is 7.29. The number of carbonyl (C=O) groups is 1. The number of nitrogens with zero attached hydrogens (tertiary/aromatic N) is 1. The third kappa shape index (κ3) is 4.20. The largest absolute Gasteiger partial charge is 0.444 e. The van der Waals surface area contributed by atoms with Gasteiger partial charge in [-0.2, -0.15) is 0 Å². The van der Waals surface area contributed by atoms with Crippen LogP contribution in [0.5, 0.6) is 0 Å². The summed E-state index contributed by atoms with van der Waals surface area (Å²) >= 11 is 3.39. The third-order valence-electron chi connectivity index (χ3n) is 2.95. The molecule has 0 heterocycles.